The van der Waals surface area contributed by atoms with Crippen LogP contribution >= 0.6 is 0 Å². The molecular formula is C11H14N2O. The van der Waals surface area contributed by atoms with Crippen LogP contribution in [0.1, 0.15) is 36.7 Å². The molecule has 0 fully saturated rings. The van der Waals surface area contributed by atoms with Crippen molar-refractivity contribution >= 4 is 0 Å². The summed E-state index contributed by atoms with van der Waals surface area (Å²) in [4.78, 5) is 11.8. The number of aryl methyl sites for hydroxylation is 2. The van der Waals surface area contributed by atoms with Crippen LogP contribution in [0.3, 0.4) is 0 Å². The third kappa shape index (κ3) is 1.56. The highest BCUT2D eigenvalue weighted by Crippen LogP contribution is 2.09. The zero-order valence-electron chi connectivity index (χ0n) is 8.96. The molecule has 0 amide bonds. The molecular weight excluding hydrogens is 176 g/mol. The fourth-order valence-electron chi connectivity index (χ4n) is 1.68. The van der Waals surface area contributed by atoms with E-state index in [-0.39, 0.29) is 17.2 Å². The van der Waals surface area contributed by atoms with Crippen LogP contribution in [0.25, 0.3) is 0 Å². The van der Waals surface area contributed by atoms with Gasteiger partial charge in [0.15, 0.2) is 0 Å². The highest BCUT2D eigenvalue weighted by atomic mass is 16.1. The van der Waals surface area contributed by atoms with Crippen LogP contribution < -0.4 is 5.56 Å². The molecule has 74 valence electrons. The average molecular weight is 190 g/mol. The Labute approximate surface area is 83.6 Å². The van der Waals surface area contributed by atoms with Crippen molar-refractivity contribution in [2.75, 3.05) is 0 Å². The molecule has 1 rings (SSSR count). The minimum atomic E-state index is -0.181. The smallest absolute Gasteiger partial charge is 0.269 e. The van der Waals surface area contributed by atoms with Crippen molar-refractivity contribution in [1.82, 2.24) is 4.57 Å². The Kier molecular flexibility index (Phi) is 2.76. The maximum Gasteiger partial charge on any atom is 0.269 e. The molecule has 0 aliphatic heterocycles. The first-order valence-electron chi connectivity index (χ1n) is 4.62. The number of rotatable bonds is 1. The van der Waals surface area contributed by atoms with Gasteiger partial charge in [0.05, 0.1) is 0 Å². The van der Waals surface area contributed by atoms with Gasteiger partial charge in [0.1, 0.15) is 11.6 Å². The second-order valence-electron chi connectivity index (χ2n) is 3.72. The Bertz CT molecular complexity index is 450. The van der Waals surface area contributed by atoms with E-state index in [1.54, 1.807) is 11.5 Å². The van der Waals surface area contributed by atoms with Crippen molar-refractivity contribution in [1.29, 1.82) is 5.26 Å². The first kappa shape index (κ1) is 10.5. The molecule has 1 aromatic rings. The Morgan fingerprint density at radius 2 is 2.00 bits per heavy atom. The van der Waals surface area contributed by atoms with Gasteiger partial charge in [-0.05, 0) is 39.3 Å². The molecule has 1 heterocycles. The van der Waals surface area contributed by atoms with Crippen molar-refractivity contribution in [2.45, 2.75) is 33.7 Å². The molecule has 0 aromatic carbocycles. The molecule has 0 atom stereocenters. The summed E-state index contributed by atoms with van der Waals surface area (Å²) in [7, 11) is 0. The van der Waals surface area contributed by atoms with E-state index < -0.39 is 0 Å². The maximum absolute atomic E-state index is 11.8. The minimum Gasteiger partial charge on any atom is -0.309 e. The Morgan fingerprint density at radius 1 is 1.43 bits per heavy atom. The van der Waals surface area contributed by atoms with Crippen LogP contribution in [0.4, 0.5) is 0 Å². The number of pyridine rings is 1. The molecule has 3 nitrogen and oxygen atoms in total. The number of nitriles is 1. The summed E-state index contributed by atoms with van der Waals surface area (Å²) in [6.45, 7) is 7.54. The van der Waals surface area contributed by atoms with E-state index in [1.165, 1.54) is 0 Å². The predicted octanol–water partition coefficient (Wildman–Crippen LogP) is 1.92. The van der Waals surface area contributed by atoms with Gasteiger partial charge in [-0.3, -0.25) is 4.79 Å². The summed E-state index contributed by atoms with van der Waals surface area (Å²) in [6.07, 6.45) is 0. The van der Waals surface area contributed by atoms with Gasteiger partial charge in [0.2, 0.25) is 0 Å². The molecule has 0 spiro atoms. The first-order chi connectivity index (χ1) is 6.49. The molecule has 0 aliphatic carbocycles. The lowest BCUT2D eigenvalue weighted by Gasteiger charge is -2.14. The summed E-state index contributed by atoms with van der Waals surface area (Å²) >= 11 is 0. The summed E-state index contributed by atoms with van der Waals surface area (Å²) in [5.41, 5.74) is 1.73. The zero-order chi connectivity index (χ0) is 10.9. The van der Waals surface area contributed by atoms with E-state index in [0.717, 1.165) is 11.3 Å². The van der Waals surface area contributed by atoms with E-state index in [2.05, 4.69) is 0 Å². The predicted molar refractivity (Wildman–Crippen MR) is 55.3 cm³/mol. The summed E-state index contributed by atoms with van der Waals surface area (Å²) in [5.74, 6) is 0. The Hall–Kier alpha value is -1.56. The van der Waals surface area contributed by atoms with Gasteiger partial charge in [-0.2, -0.15) is 5.26 Å². The highest BCUT2D eigenvalue weighted by Gasteiger charge is 2.11. The molecule has 0 unspecified atom stereocenters. The minimum absolute atomic E-state index is 0.0928. The second kappa shape index (κ2) is 3.67. The van der Waals surface area contributed by atoms with Crippen molar-refractivity contribution < 1.29 is 0 Å². The fraction of sp³-hybridized carbons (Fsp3) is 0.455. The SMILES string of the molecule is Cc1cc(C)n(C(C)C)c(=O)c1C#N. The normalized spacial score (nSPS) is 10.3. The Morgan fingerprint density at radius 3 is 2.43 bits per heavy atom. The number of nitrogens with zero attached hydrogens (tertiary/aromatic N) is 2. The highest BCUT2D eigenvalue weighted by molar-refractivity contribution is 5.36. The second-order valence-corrected chi connectivity index (χ2v) is 3.72. The summed E-state index contributed by atoms with van der Waals surface area (Å²) in [5, 5.41) is 8.83. The average Bonchev–Trinajstić information content (AvgIpc) is 2.02. The van der Waals surface area contributed by atoms with Crippen molar-refractivity contribution in [3.8, 4) is 6.07 Å². The molecule has 14 heavy (non-hydrogen) atoms. The fourth-order valence-corrected chi connectivity index (χ4v) is 1.68. The van der Waals surface area contributed by atoms with Gasteiger partial charge < -0.3 is 4.57 Å². The van der Waals surface area contributed by atoms with E-state index in [1.807, 2.05) is 32.9 Å². The van der Waals surface area contributed by atoms with Crippen LogP contribution in [0, 0.1) is 25.2 Å². The third-order valence-corrected chi connectivity index (χ3v) is 2.26. The van der Waals surface area contributed by atoms with E-state index in [0.29, 0.717) is 0 Å². The molecule has 0 saturated carbocycles. The van der Waals surface area contributed by atoms with Gasteiger partial charge in [-0.15, -0.1) is 0 Å². The van der Waals surface area contributed by atoms with Crippen molar-refractivity contribution in [3.63, 3.8) is 0 Å². The lowest BCUT2D eigenvalue weighted by molar-refractivity contribution is 0.560. The van der Waals surface area contributed by atoms with E-state index >= 15 is 0 Å². The third-order valence-electron chi connectivity index (χ3n) is 2.26. The lowest BCUT2D eigenvalue weighted by atomic mass is 10.1. The first-order valence-corrected chi connectivity index (χ1v) is 4.62. The van der Waals surface area contributed by atoms with Gasteiger partial charge in [-0.25, -0.2) is 0 Å². The van der Waals surface area contributed by atoms with Crippen molar-refractivity contribution in [3.05, 3.63) is 33.2 Å². The standard InChI is InChI=1S/C11H14N2O/c1-7(2)13-9(4)5-8(3)10(6-12)11(13)14/h5,7H,1-4H3. The summed E-state index contributed by atoms with van der Waals surface area (Å²) < 4.78 is 1.64. The van der Waals surface area contributed by atoms with E-state index in [4.69, 9.17) is 5.26 Å². The molecule has 0 N–H and O–H groups in total. The molecule has 0 saturated heterocycles. The number of aromatic nitrogens is 1. The molecule has 0 aliphatic rings. The molecule has 0 radical (unpaired) electrons. The number of hydrogen-bond donors (Lipinski definition) is 0. The largest absolute Gasteiger partial charge is 0.309 e. The maximum atomic E-state index is 11.8. The van der Waals surface area contributed by atoms with Crippen LogP contribution in [0.15, 0.2) is 10.9 Å². The summed E-state index contributed by atoms with van der Waals surface area (Å²) in [6, 6.07) is 3.92. The van der Waals surface area contributed by atoms with Crippen LogP contribution in [0.5, 0.6) is 0 Å². The number of hydrogen-bond acceptors (Lipinski definition) is 2. The molecule has 3 heteroatoms. The van der Waals surface area contributed by atoms with Crippen LogP contribution in [0.2, 0.25) is 0 Å². The molecule has 0 bridgehead atoms. The quantitative estimate of drug-likeness (QED) is 0.679. The van der Waals surface area contributed by atoms with Crippen LogP contribution in [-0.2, 0) is 0 Å². The van der Waals surface area contributed by atoms with Crippen molar-refractivity contribution in [2.24, 2.45) is 0 Å². The van der Waals surface area contributed by atoms with Crippen LogP contribution in [-0.4, -0.2) is 4.57 Å². The van der Waals surface area contributed by atoms with E-state index in [9.17, 15) is 4.79 Å². The monoisotopic (exact) mass is 190 g/mol. The van der Waals surface area contributed by atoms with Gasteiger partial charge >= 0.3 is 0 Å². The van der Waals surface area contributed by atoms with Gasteiger partial charge in [-0.1, -0.05) is 0 Å². The zero-order valence-corrected chi connectivity index (χ0v) is 8.96. The Balaban J connectivity index is 3.63. The van der Waals surface area contributed by atoms with Gasteiger partial charge in [0, 0.05) is 11.7 Å². The van der Waals surface area contributed by atoms with Gasteiger partial charge in [0.25, 0.3) is 5.56 Å². The molecule has 1 aromatic heterocycles. The lowest BCUT2D eigenvalue weighted by Crippen LogP contribution is -2.27. The topological polar surface area (TPSA) is 45.8 Å².